The number of hydrogen-bond donors (Lipinski definition) is 1. The third-order valence-electron chi connectivity index (χ3n) is 2.36. The van der Waals surface area contributed by atoms with Crippen LogP contribution in [-0.2, 0) is 9.53 Å². The zero-order valence-corrected chi connectivity index (χ0v) is 11.1. The molecule has 0 saturated heterocycles. The Morgan fingerprint density at radius 1 is 1.53 bits per heavy atom. The first-order chi connectivity index (χ1) is 7.95. The van der Waals surface area contributed by atoms with E-state index in [-0.39, 0.29) is 17.2 Å². The number of carbonyl (C=O) groups is 1. The van der Waals surface area contributed by atoms with E-state index >= 15 is 0 Å². The summed E-state index contributed by atoms with van der Waals surface area (Å²) >= 11 is 5.71. The number of nitrogens with zero attached hydrogens (tertiary/aromatic N) is 2. The Hall–Kier alpha value is -1.36. The number of methoxy groups -OCH3 is 1. The molecule has 1 aromatic heterocycles. The summed E-state index contributed by atoms with van der Waals surface area (Å²) in [7, 11) is 1.36. The van der Waals surface area contributed by atoms with Gasteiger partial charge in [0.1, 0.15) is 11.9 Å². The Labute approximate surface area is 106 Å². The summed E-state index contributed by atoms with van der Waals surface area (Å²) in [6.07, 6.45) is 1.60. The van der Waals surface area contributed by atoms with Crippen molar-refractivity contribution in [3.63, 3.8) is 0 Å². The Morgan fingerprint density at radius 3 is 2.71 bits per heavy atom. The number of anilines is 1. The van der Waals surface area contributed by atoms with Gasteiger partial charge in [-0.15, -0.1) is 0 Å². The number of ether oxygens (including phenoxy) is 1. The van der Waals surface area contributed by atoms with Crippen LogP contribution in [0.4, 0.5) is 5.82 Å². The SMILES string of the molecule is COC(=O)C(Nc1nc(Cl)ncc1C)C(C)C. The Kier molecular flexibility index (Phi) is 4.69. The highest BCUT2D eigenvalue weighted by Crippen LogP contribution is 2.17. The number of aromatic nitrogens is 2. The largest absolute Gasteiger partial charge is 0.467 e. The van der Waals surface area contributed by atoms with Crippen molar-refractivity contribution in [3.8, 4) is 0 Å². The fraction of sp³-hybridized carbons (Fsp3) is 0.545. The van der Waals surface area contributed by atoms with Crippen LogP contribution in [0, 0.1) is 12.8 Å². The standard InChI is InChI=1S/C11H16ClN3O2/c1-6(2)8(10(16)17-4)14-9-7(3)5-13-11(12)15-9/h5-6,8H,1-4H3,(H,13,14,15). The van der Waals surface area contributed by atoms with Gasteiger partial charge in [-0.1, -0.05) is 13.8 Å². The summed E-state index contributed by atoms with van der Waals surface area (Å²) in [5, 5.41) is 3.17. The van der Waals surface area contributed by atoms with Gasteiger partial charge in [0.25, 0.3) is 0 Å². The van der Waals surface area contributed by atoms with Crippen LogP contribution in [0.5, 0.6) is 0 Å². The highest BCUT2D eigenvalue weighted by atomic mass is 35.5. The summed E-state index contributed by atoms with van der Waals surface area (Å²) in [6, 6.07) is -0.454. The first-order valence-corrected chi connectivity index (χ1v) is 5.67. The van der Waals surface area contributed by atoms with Gasteiger partial charge in [0.05, 0.1) is 7.11 Å². The fourth-order valence-electron chi connectivity index (χ4n) is 1.34. The summed E-state index contributed by atoms with van der Waals surface area (Å²) < 4.78 is 4.74. The molecule has 17 heavy (non-hydrogen) atoms. The van der Waals surface area contributed by atoms with Crippen LogP contribution < -0.4 is 5.32 Å². The molecule has 5 nitrogen and oxygen atoms in total. The molecule has 1 heterocycles. The molecule has 1 N–H and O–H groups in total. The fourth-order valence-corrected chi connectivity index (χ4v) is 1.47. The van der Waals surface area contributed by atoms with Gasteiger partial charge < -0.3 is 10.1 Å². The van der Waals surface area contributed by atoms with Crippen molar-refractivity contribution in [3.05, 3.63) is 17.0 Å². The van der Waals surface area contributed by atoms with Gasteiger partial charge in [-0.2, -0.15) is 0 Å². The maximum Gasteiger partial charge on any atom is 0.328 e. The van der Waals surface area contributed by atoms with E-state index in [0.29, 0.717) is 5.82 Å². The van der Waals surface area contributed by atoms with Gasteiger partial charge in [-0.05, 0) is 24.4 Å². The van der Waals surface area contributed by atoms with E-state index in [1.165, 1.54) is 7.11 Å². The van der Waals surface area contributed by atoms with Crippen LogP contribution in [-0.4, -0.2) is 29.1 Å². The zero-order chi connectivity index (χ0) is 13.0. The maximum absolute atomic E-state index is 11.6. The van der Waals surface area contributed by atoms with Crippen molar-refractivity contribution < 1.29 is 9.53 Å². The average molecular weight is 258 g/mol. The van der Waals surface area contributed by atoms with E-state index < -0.39 is 6.04 Å². The monoisotopic (exact) mass is 257 g/mol. The maximum atomic E-state index is 11.6. The number of aryl methyl sites for hydroxylation is 1. The molecule has 0 radical (unpaired) electrons. The average Bonchev–Trinajstić information content (AvgIpc) is 2.28. The van der Waals surface area contributed by atoms with Crippen molar-refractivity contribution in [2.24, 2.45) is 5.92 Å². The highest BCUT2D eigenvalue weighted by Gasteiger charge is 2.23. The molecule has 0 aliphatic rings. The molecule has 6 heteroatoms. The predicted molar refractivity (Wildman–Crippen MR) is 66.0 cm³/mol. The van der Waals surface area contributed by atoms with Crippen molar-refractivity contribution in [2.45, 2.75) is 26.8 Å². The molecular weight excluding hydrogens is 242 g/mol. The minimum absolute atomic E-state index is 0.0793. The predicted octanol–water partition coefficient (Wildman–Crippen LogP) is 2.05. The summed E-state index contributed by atoms with van der Waals surface area (Å²) in [5.41, 5.74) is 0.823. The lowest BCUT2D eigenvalue weighted by Crippen LogP contribution is -2.36. The quantitative estimate of drug-likeness (QED) is 0.661. The molecule has 0 fully saturated rings. The van der Waals surface area contributed by atoms with E-state index in [4.69, 9.17) is 16.3 Å². The van der Waals surface area contributed by atoms with Crippen LogP contribution in [0.1, 0.15) is 19.4 Å². The molecule has 1 rings (SSSR count). The molecule has 0 amide bonds. The number of nitrogens with one attached hydrogen (secondary N) is 1. The number of carbonyl (C=O) groups excluding carboxylic acids is 1. The zero-order valence-electron chi connectivity index (χ0n) is 10.3. The van der Waals surface area contributed by atoms with Gasteiger partial charge in [0, 0.05) is 11.8 Å². The summed E-state index contributed by atoms with van der Waals surface area (Å²) in [4.78, 5) is 19.5. The molecule has 0 aliphatic heterocycles. The summed E-state index contributed by atoms with van der Waals surface area (Å²) in [5.74, 6) is 0.304. The van der Waals surface area contributed by atoms with E-state index in [2.05, 4.69) is 15.3 Å². The second-order valence-corrected chi connectivity index (χ2v) is 4.40. The lowest BCUT2D eigenvalue weighted by molar-refractivity contribution is -0.142. The third kappa shape index (κ3) is 3.56. The Balaban J connectivity index is 2.93. The van der Waals surface area contributed by atoms with Crippen molar-refractivity contribution >= 4 is 23.4 Å². The number of rotatable bonds is 4. The number of esters is 1. The van der Waals surface area contributed by atoms with Gasteiger partial charge in [-0.25, -0.2) is 14.8 Å². The number of hydrogen-bond acceptors (Lipinski definition) is 5. The van der Waals surface area contributed by atoms with Crippen LogP contribution in [0.25, 0.3) is 0 Å². The van der Waals surface area contributed by atoms with Gasteiger partial charge in [0.2, 0.25) is 5.28 Å². The lowest BCUT2D eigenvalue weighted by Gasteiger charge is -2.21. The van der Waals surface area contributed by atoms with Crippen LogP contribution in [0.3, 0.4) is 0 Å². The first kappa shape index (κ1) is 13.7. The topological polar surface area (TPSA) is 64.1 Å². The van der Waals surface area contributed by atoms with Crippen LogP contribution >= 0.6 is 11.6 Å². The van der Waals surface area contributed by atoms with Gasteiger partial charge in [0.15, 0.2) is 0 Å². The van der Waals surface area contributed by atoms with E-state index in [1.807, 2.05) is 20.8 Å². The van der Waals surface area contributed by atoms with E-state index in [1.54, 1.807) is 6.20 Å². The molecule has 0 saturated carbocycles. The smallest absolute Gasteiger partial charge is 0.328 e. The molecule has 0 aromatic carbocycles. The van der Waals surface area contributed by atoms with Crippen LogP contribution in [0.2, 0.25) is 5.28 Å². The molecule has 1 atom stereocenters. The first-order valence-electron chi connectivity index (χ1n) is 5.29. The lowest BCUT2D eigenvalue weighted by atomic mass is 10.0. The normalized spacial score (nSPS) is 12.4. The molecule has 0 spiro atoms. The van der Waals surface area contributed by atoms with Gasteiger partial charge >= 0.3 is 5.97 Å². The Morgan fingerprint density at radius 2 is 2.18 bits per heavy atom. The molecule has 1 unspecified atom stereocenters. The Bertz CT molecular complexity index is 410. The second kappa shape index (κ2) is 5.82. The molecule has 0 aliphatic carbocycles. The molecule has 1 aromatic rings. The van der Waals surface area contributed by atoms with Crippen LogP contribution in [0.15, 0.2) is 6.20 Å². The minimum atomic E-state index is -0.454. The van der Waals surface area contributed by atoms with Gasteiger partial charge in [-0.3, -0.25) is 0 Å². The highest BCUT2D eigenvalue weighted by molar-refractivity contribution is 6.28. The van der Waals surface area contributed by atoms with E-state index in [0.717, 1.165) is 5.56 Å². The molecular formula is C11H16ClN3O2. The molecule has 0 bridgehead atoms. The van der Waals surface area contributed by atoms with Crippen molar-refractivity contribution in [2.75, 3.05) is 12.4 Å². The third-order valence-corrected chi connectivity index (χ3v) is 2.54. The number of halogens is 1. The van der Waals surface area contributed by atoms with Crippen molar-refractivity contribution in [1.29, 1.82) is 0 Å². The van der Waals surface area contributed by atoms with E-state index in [9.17, 15) is 4.79 Å². The molecule has 94 valence electrons. The van der Waals surface area contributed by atoms with Crippen molar-refractivity contribution in [1.82, 2.24) is 9.97 Å². The second-order valence-electron chi connectivity index (χ2n) is 4.06. The summed E-state index contributed by atoms with van der Waals surface area (Å²) in [6.45, 7) is 5.69. The minimum Gasteiger partial charge on any atom is -0.467 e.